The molecule has 3 N–H and O–H groups in total. The molecule has 0 saturated heterocycles. The van der Waals surface area contributed by atoms with E-state index >= 15 is 0 Å². The predicted molar refractivity (Wildman–Crippen MR) is 76.8 cm³/mol. The lowest BCUT2D eigenvalue weighted by Gasteiger charge is -2.13. The Morgan fingerprint density at radius 2 is 2.05 bits per heavy atom. The van der Waals surface area contributed by atoms with Crippen LogP contribution in [0.15, 0.2) is 27.9 Å². The third-order valence-electron chi connectivity index (χ3n) is 2.60. The van der Waals surface area contributed by atoms with Crippen molar-refractivity contribution in [2.24, 2.45) is 0 Å². The Morgan fingerprint density at radius 3 is 2.59 bits per heavy atom. The molecule has 1 aromatic carbocycles. The highest BCUT2D eigenvalue weighted by atomic mass is 35.5. The predicted octanol–water partition coefficient (Wildman–Crippen LogP) is 0.236. The van der Waals surface area contributed by atoms with E-state index < -0.39 is 23.3 Å². The first-order valence-corrected chi connectivity index (χ1v) is 8.89. The molecule has 1 aromatic heterocycles. The zero-order valence-electron chi connectivity index (χ0n) is 10.8. The molecular formula is C10H9ClN2O7PS. The van der Waals surface area contributed by atoms with Gasteiger partial charge in [-0.15, -0.1) is 0 Å². The van der Waals surface area contributed by atoms with Crippen LogP contribution >= 0.6 is 19.3 Å². The van der Waals surface area contributed by atoms with Gasteiger partial charge >= 0.3 is 7.75 Å². The maximum absolute atomic E-state index is 11.9. The molecule has 0 spiro atoms. The van der Waals surface area contributed by atoms with Crippen LogP contribution in [0.2, 0.25) is 5.02 Å². The van der Waals surface area contributed by atoms with Gasteiger partial charge in [-0.25, -0.2) is 17.3 Å². The van der Waals surface area contributed by atoms with Crippen LogP contribution in [0.3, 0.4) is 0 Å². The van der Waals surface area contributed by atoms with Gasteiger partial charge in [0.2, 0.25) is 0 Å². The number of halogens is 1. The van der Waals surface area contributed by atoms with Crippen molar-refractivity contribution >= 4 is 40.3 Å². The van der Waals surface area contributed by atoms with E-state index in [1.807, 2.05) is 0 Å². The van der Waals surface area contributed by atoms with Crippen molar-refractivity contribution < 1.29 is 27.6 Å². The first-order chi connectivity index (χ1) is 10.1. The fourth-order valence-corrected chi connectivity index (χ4v) is 3.90. The van der Waals surface area contributed by atoms with Gasteiger partial charge in [-0.1, -0.05) is 16.5 Å². The number of sulfonamides is 1. The summed E-state index contributed by atoms with van der Waals surface area (Å²) < 4.78 is 35.4. The van der Waals surface area contributed by atoms with E-state index in [1.165, 1.54) is 0 Å². The van der Waals surface area contributed by atoms with Gasteiger partial charge < -0.3 is 9.79 Å². The summed E-state index contributed by atoms with van der Waals surface area (Å²) in [7, 11) is -7.97. The molecule has 0 fully saturated rings. The number of aromatic nitrogens is 1. The van der Waals surface area contributed by atoms with Gasteiger partial charge in [0.1, 0.15) is 4.90 Å². The number of nitrogens with one attached hydrogen (secondary N) is 1. The van der Waals surface area contributed by atoms with Gasteiger partial charge in [-0.2, -0.15) is 0 Å². The maximum Gasteiger partial charge on any atom is 0.437 e. The van der Waals surface area contributed by atoms with Crippen molar-refractivity contribution in [2.75, 3.05) is 7.11 Å². The Bertz CT molecular complexity index is 950. The smallest absolute Gasteiger partial charge is 0.308 e. The Hall–Kier alpha value is -1.26. The Kier molecular flexibility index (Phi) is 4.46. The molecule has 0 aliphatic rings. The second kappa shape index (κ2) is 5.74. The molecule has 22 heavy (non-hydrogen) atoms. The quantitative estimate of drug-likeness (QED) is 0.520. The molecule has 0 aliphatic carbocycles. The van der Waals surface area contributed by atoms with Crippen LogP contribution in [0.4, 0.5) is 0 Å². The highest BCUT2D eigenvalue weighted by Crippen LogP contribution is 2.39. The topological polar surface area (TPSA) is 135 Å². The molecule has 0 bridgehead atoms. The number of nitrogens with zero attached hydrogens (tertiary/aromatic N) is 1. The van der Waals surface area contributed by atoms with Crippen molar-refractivity contribution in [1.29, 1.82) is 0 Å². The molecule has 0 amide bonds. The SMILES string of the molecule is CONS(=O)(=O)c1cc2c[c]c(=O)n(P(=O)(O)O)c2cc1Cl. The minimum atomic E-state index is -4.97. The highest BCUT2D eigenvalue weighted by Gasteiger charge is 2.24. The lowest BCUT2D eigenvalue weighted by molar-refractivity contribution is 0.153. The zero-order chi connectivity index (χ0) is 16.7. The summed E-state index contributed by atoms with van der Waals surface area (Å²) in [5.41, 5.74) is -1.29. The lowest BCUT2D eigenvalue weighted by atomic mass is 10.2. The molecule has 0 atom stereocenters. The fraction of sp³-hybridized carbons (Fsp3) is 0.100. The van der Waals surface area contributed by atoms with E-state index in [1.54, 1.807) is 4.89 Å². The highest BCUT2D eigenvalue weighted by molar-refractivity contribution is 7.89. The van der Waals surface area contributed by atoms with Crippen LogP contribution in [0.5, 0.6) is 0 Å². The van der Waals surface area contributed by atoms with Crippen molar-refractivity contribution in [2.45, 2.75) is 4.90 Å². The molecular weight excluding hydrogens is 359 g/mol. The molecule has 0 saturated carbocycles. The van der Waals surface area contributed by atoms with Crippen LogP contribution in [-0.2, 0) is 19.4 Å². The van der Waals surface area contributed by atoms with Gasteiger partial charge in [0.15, 0.2) is 0 Å². The monoisotopic (exact) mass is 367 g/mol. The third kappa shape index (κ3) is 3.08. The minimum Gasteiger partial charge on any atom is -0.308 e. The number of hydrogen-bond donors (Lipinski definition) is 3. The second-order valence-electron chi connectivity index (χ2n) is 4.05. The van der Waals surface area contributed by atoms with E-state index in [-0.39, 0.29) is 25.2 Å². The molecule has 2 aromatic rings. The number of hydrogen-bond acceptors (Lipinski definition) is 5. The van der Waals surface area contributed by atoms with Crippen molar-refractivity contribution in [3.63, 3.8) is 0 Å². The number of pyridine rings is 1. The van der Waals surface area contributed by atoms with Gasteiger partial charge in [-0.3, -0.25) is 9.63 Å². The summed E-state index contributed by atoms with van der Waals surface area (Å²) in [5.74, 6) is 0. The molecule has 9 nitrogen and oxygen atoms in total. The molecule has 0 unspecified atom stereocenters. The summed E-state index contributed by atoms with van der Waals surface area (Å²) in [4.78, 5) is 35.8. The molecule has 0 aliphatic heterocycles. The summed E-state index contributed by atoms with van der Waals surface area (Å²) in [6, 6.07) is 5.22. The third-order valence-corrected chi connectivity index (χ3v) is 5.24. The summed E-state index contributed by atoms with van der Waals surface area (Å²) >= 11 is 5.84. The van der Waals surface area contributed by atoms with E-state index in [0.717, 1.165) is 25.3 Å². The molecule has 1 radical (unpaired) electrons. The number of rotatable bonds is 4. The van der Waals surface area contributed by atoms with Crippen molar-refractivity contribution in [1.82, 2.24) is 9.22 Å². The normalized spacial score (nSPS) is 12.7. The average molecular weight is 368 g/mol. The van der Waals surface area contributed by atoms with Crippen molar-refractivity contribution in [3.8, 4) is 0 Å². The van der Waals surface area contributed by atoms with Gasteiger partial charge in [0.05, 0.1) is 23.7 Å². The molecule has 2 rings (SSSR count). The van der Waals surface area contributed by atoms with Gasteiger partial charge in [-0.05, 0) is 18.2 Å². The first kappa shape index (κ1) is 17.1. The Balaban J connectivity index is 2.87. The van der Waals surface area contributed by atoms with Crippen LogP contribution in [0.25, 0.3) is 10.9 Å². The average Bonchev–Trinajstić information content (AvgIpc) is 2.35. The largest absolute Gasteiger partial charge is 0.437 e. The van der Waals surface area contributed by atoms with E-state index in [4.69, 9.17) is 11.6 Å². The minimum absolute atomic E-state index is 0.0452. The summed E-state index contributed by atoms with van der Waals surface area (Å²) in [6.07, 6.45) is 0. The summed E-state index contributed by atoms with van der Waals surface area (Å²) in [6.45, 7) is 0. The van der Waals surface area contributed by atoms with E-state index in [0.29, 0.717) is 0 Å². The fourth-order valence-electron chi connectivity index (χ4n) is 1.79. The lowest BCUT2D eigenvalue weighted by Crippen LogP contribution is -2.23. The zero-order valence-corrected chi connectivity index (χ0v) is 13.3. The van der Waals surface area contributed by atoms with Crippen LogP contribution < -0.4 is 10.4 Å². The molecule has 119 valence electrons. The van der Waals surface area contributed by atoms with Crippen LogP contribution in [-0.4, -0.2) is 29.7 Å². The van der Waals surface area contributed by atoms with E-state index in [2.05, 4.69) is 10.9 Å². The standard InChI is InChI=1S/C10H9ClN2O7PS/c1-20-12-22(18,19)9-4-6-2-3-10(14)13(21(15,16)17)8(6)5-7(9)11/h2,4-5,12H,1H3,(H2,15,16,17). The Labute approximate surface area is 129 Å². The van der Waals surface area contributed by atoms with E-state index in [9.17, 15) is 27.6 Å². The number of fused-ring (bicyclic) bond motifs is 1. The second-order valence-corrected chi connectivity index (χ2v) is 7.50. The number of benzene rings is 1. The first-order valence-electron chi connectivity index (χ1n) is 5.46. The van der Waals surface area contributed by atoms with Crippen LogP contribution in [0, 0.1) is 6.07 Å². The van der Waals surface area contributed by atoms with Crippen molar-refractivity contribution in [3.05, 3.63) is 39.6 Å². The van der Waals surface area contributed by atoms with Crippen LogP contribution in [0.1, 0.15) is 0 Å². The molecule has 12 heteroatoms. The summed E-state index contributed by atoms with van der Waals surface area (Å²) in [5, 5.41) is -0.298. The molecule has 1 heterocycles. The Morgan fingerprint density at radius 1 is 1.41 bits per heavy atom. The van der Waals surface area contributed by atoms with Gasteiger partial charge in [0.25, 0.3) is 15.6 Å². The maximum atomic E-state index is 11.9. The van der Waals surface area contributed by atoms with Gasteiger partial charge in [0, 0.05) is 5.39 Å².